The molecule has 0 radical (unpaired) electrons. The van der Waals surface area contributed by atoms with Crippen molar-refractivity contribution in [2.45, 2.75) is 39.0 Å². The van der Waals surface area contributed by atoms with E-state index in [1.165, 1.54) is 0 Å². The summed E-state index contributed by atoms with van der Waals surface area (Å²) in [7, 11) is 0. The largest absolute Gasteiger partial charge is 0.392 e. The Hall–Kier alpha value is -2.96. The molecule has 1 aliphatic heterocycles. The molecular formula is C25H26N2O3S. The average molecular weight is 435 g/mol. The first-order valence-electron chi connectivity index (χ1n) is 10.5. The van der Waals surface area contributed by atoms with Crippen LogP contribution in [-0.4, -0.2) is 16.9 Å². The molecule has 5 nitrogen and oxygen atoms in total. The van der Waals surface area contributed by atoms with Gasteiger partial charge in [-0.2, -0.15) is 0 Å². The first-order chi connectivity index (χ1) is 15.1. The first kappa shape index (κ1) is 21.3. The van der Waals surface area contributed by atoms with Crippen LogP contribution in [-0.2, 0) is 22.7 Å². The monoisotopic (exact) mass is 434 g/mol. The maximum Gasteiger partial charge on any atom is 0.227 e. The summed E-state index contributed by atoms with van der Waals surface area (Å²) in [6, 6.07) is 19.0. The van der Waals surface area contributed by atoms with Gasteiger partial charge in [0.05, 0.1) is 18.6 Å². The number of aliphatic hydroxyl groups is 1. The third-order valence-electron chi connectivity index (χ3n) is 5.82. The van der Waals surface area contributed by atoms with Gasteiger partial charge < -0.3 is 15.3 Å². The Labute approximate surface area is 186 Å². The predicted molar refractivity (Wildman–Crippen MR) is 123 cm³/mol. The molecule has 2 heterocycles. The lowest BCUT2D eigenvalue weighted by atomic mass is 9.86. The number of rotatable bonds is 6. The lowest BCUT2D eigenvalue weighted by Crippen LogP contribution is -2.48. The van der Waals surface area contributed by atoms with Gasteiger partial charge in [0.15, 0.2) is 0 Å². The van der Waals surface area contributed by atoms with Crippen molar-refractivity contribution >= 4 is 28.8 Å². The van der Waals surface area contributed by atoms with Crippen molar-refractivity contribution < 1.29 is 14.7 Å². The van der Waals surface area contributed by atoms with Gasteiger partial charge in [-0.05, 0) is 48.1 Å². The van der Waals surface area contributed by atoms with Crippen LogP contribution >= 0.6 is 11.3 Å². The van der Waals surface area contributed by atoms with E-state index in [0.29, 0.717) is 19.4 Å². The van der Waals surface area contributed by atoms with Crippen molar-refractivity contribution in [2.75, 3.05) is 4.90 Å². The highest BCUT2D eigenvalue weighted by Gasteiger charge is 2.41. The zero-order chi connectivity index (χ0) is 21.8. The smallest absolute Gasteiger partial charge is 0.227 e. The Morgan fingerprint density at radius 1 is 1.10 bits per heavy atom. The molecule has 31 heavy (non-hydrogen) atoms. The quantitative estimate of drug-likeness (QED) is 0.606. The van der Waals surface area contributed by atoms with E-state index in [1.807, 2.05) is 73.0 Å². The van der Waals surface area contributed by atoms with Crippen molar-refractivity contribution in [3.8, 4) is 0 Å². The second-order valence-corrected chi connectivity index (χ2v) is 8.83. The average Bonchev–Trinajstić information content (AvgIpc) is 3.33. The number of piperidine rings is 1. The molecule has 3 aromatic rings. The van der Waals surface area contributed by atoms with Gasteiger partial charge in [-0.25, -0.2) is 0 Å². The van der Waals surface area contributed by atoms with Crippen molar-refractivity contribution in [1.82, 2.24) is 5.32 Å². The molecule has 6 heteroatoms. The SMILES string of the molecule is Cc1ccc(N2C(=O)CC[C@@H](C(=O)NCc3ccccc3CO)[C@@H]2c2cccs2)cc1. The Morgan fingerprint density at radius 3 is 2.52 bits per heavy atom. The van der Waals surface area contributed by atoms with Gasteiger partial charge in [-0.15, -0.1) is 11.3 Å². The van der Waals surface area contributed by atoms with Gasteiger partial charge in [0, 0.05) is 23.5 Å². The molecule has 1 aliphatic rings. The van der Waals surface area contributed by atoms with Crippen LogP contribution in [0.3, 0.4) is 0 Å². The summed E-state index contributed by atoms with van der Waals surface area (Å²) in [4.78, 5) is 29.1. The summed E-state index contributed by atoms with van der Waals surface area (Å²) in [6.45, 7) is 2.30. The van der Waals surface area contributed by atoms with Gasteiger partial charge in [-0.1, -0.05) is 48.0 Å². The molecule has 160 valence electrons. The van der Waals surface area contributed by atoms with E-state index in [-0.39, 0.29) is 30.4 Å². The summed E-state index contributed by atoms with van der Waals surface area (Å²) in [5.74, 6) is -0.383. The second kappa shape index (κ2) is 9.45. The van der Waals surface area contributed by atoms with Gasteiger partial charge in [-0.3, -0.25) is 9.59 Å². The van der Waals surface area contributed by atoms with E-state index in [0.717, 1.165) is 27.3 Å². The molecule has 0 aliphatic carbocycles. The molecule has 4 rings (SSSR count). The van der Waals surface area contributed by atoms with E-state index in [9.17, 15) is 14.7 Å². The number of nitrogens with zero attached hydrogens (tertiary/aromatic N) is 1. The second-order valence-electron chi connectivity index (χ2n) is 7.85. The lowest BCUT2D eigenvalue weighted by molar-refractivity contribution is -0.129. The number of anilines is 1. The molecule has 2 N–H and O–H groups in total. The van der Waals surface area contributed by atoms with Gasteiger partial charge >= 0.3 is 0 Å². The number of benzene rings is 2. The fraction of sp³-hybridized carbons (Fsp3) is 0.280. The van der Waals surface area contributed by atoms with Crippen LogP contribution in [0.2, 0.25) is 0 Å². The van der Waals surface area contributed by atoms with Crippen LogP contribution in [0.15, 0.2) is 66.0 Å². The number of amides is 2. The van der Waals surface area contributed by atoms with Gasteiger partial charge in [0.1, 0.15) is 0 Å². The van der Waals surface area contributed by atoms with Crippen molar-refractivity contribution in [1.29, 1.82) is 0 Å². The number of thiophene rings is 1. The number of nitrogens with one attached hydrogen (secondary N) is 1. The number of aryl methyl sites for hydroxylation is 1. The molecule has 0 spiro atoms. The number of carbonyl (C=O) groups is 2. The first-order valence-corrected chi connectivity index (χ1v) is 11.3. The summed E-state index contributed by atoms with van der Waals surface area (Å²) in [5.41, 5.74) is 3.64. The highest BCUT2D eigenvalue weighted by atomic mass is 32.1. The van der Waals surface area contributed by atoms with E-state index in [2.05, 4.69) is 5.32 Å². The van der Waals surface area contributed by atoms with E-state index < -0.39 is 0 Å². The van der Waals surface area contributed by atoms with Crippen LogP contribution in [0.1, 0.15) is 40.5 Å². The van der Waals surface area contributed by atoms with Crippen LogP contribution < -0.4 is 10.2 Å². The van der Waals surface area contributed by atoms with Crippen LogP contribution in [0, 0.1) is 12.8 Å². The summed E-state index contributed by atoms with van der Waals surface area (Å²) >= 11 is 1.57. The van der Waals surface area contributed by atoms with E-state index in [4.69, 9.17) is 0 Å². The van der Waals surface area contributed by atoms with Crippen molar-refractivity contribution in [3.05, 3.63) is 87.6 Å². The summed E-state index contributed by atoms with van der Waals surface area (Å²) < 4.78 is 0. The Bertz CT molecular complexity index is 1050. The summed E-state index contributed by atoms with van der Waals surface area (Å²) in [5, 5.41) is 14.6. The third-order valence-corrected chi connectivity index (χ3v) is 6.77. The number of hydrogen-bond acceptors (Lipinski definition) is 4. The molecule has 2 amide bonds. The topological polar surface area (TPSA) is 69.6 Å². The van der Waals surface area contributed by atoms with E-state index >= 15 is 0 Å². The number of aliphatic hydroxyl groups excluding tert-OH is 1. The normalized spacial score (nSPS) is 18.8. The van der Waals surface area contributed by atoms with E-state index in [1.54, 1.807) is 16.2 Å². The van der Waals surface area contributed by atoms with Gasteiger partial charge in [0.25, 0.3) is 0 Å². The van der Waals surface area contributed by atoms with Crippen LogP contribution in [0.5, 0.6) is 0 Å². The highest BCUT2D eigenvalue weighted by molar-refractivity contribution is 7.10. The molecule has 1 aromatic heterocycles. The van der Waals surface area contributed by atoms with Crippen LogP contribution in [0.25, 0.3) is 0 Å². The minimum Gasteiger partial charge on any atom is -0.392 e. The Kier molecular flexibility index (Phi) is 6.49. The maximum absolute atomic E-state index is 13.3. The molecule has 2 atom stereocenters. The predicted octanol–water partition coefficient (Wildman–Crippen LogP) is 4.35. The highest BCUT2D eigenvalue weighted by Crippen LogP contribution is 2.41. The Morgan fingerprint density at radius 2 is 1.84 bits per heavy atom. The molecule has 0 saturated carbocycles. The molecule has 0 unspecified atom stereocenters. The third kappa shape index (κ3) is 4.55. The van der Waals surface area contributed by atoms with Gasteiger partial charge in [0.2, 0.25) is 11.8 Å². The number of carbonyl (C=O) groups excluding carboxylic acids is 2. The zero-order valence-electron chi connectivity index (χ0n) is 17.5. The molecule has 0 bridgehead atoms. The van der Waals surface area contributed by atoms with Crippen molar-refractivity contribution in [2.24, 2.45) is 5.92 Å². The van der Waals surface area contributed by atoms with Crippen molar-refractivity contribution in [3.63, 3.8) is 0 Å². The molecule has 1 fully saturated rings. The number of hydrogen-bond donors (Lipinski definition) is 2. The molecular weight excluding hydrogens is 408 g/mol. The fourth-order valence-electron chi connectivity index (χ4n) is 4.16. The minimum atomic E-state index is -0.348. The standard InChI is InChI=1S/C25H26N2O3S/c1-17-8-10-20(11-9-17)27-23(29)13-12-21(24(27)22-7-4-14-31-22)25(30)26-15-18-5-2-3-6-19(18)16-28/h2-11,14,21,24,28H,12-13,15-16H2,1H3,(H,26,30)/t21-,24-/m1/s1. The fourth-order valence-corrected chi connectivity index (χ4v) is 5.04. The maximum atomic E-state index is 13.3. The molecule has 2 aromatic carbocycles. The van der Waals surface area contributed by atoms with Crippen LogP contribution in [0.4, 0.5) is 5.69 Å². The Balaban J connectivity index is 1.61. The summed E-state index contributed by atoms with van der Waals surface area (Å²) in [6.07, 6.45) is 0.846. The minimum absolute atomic E-state index is 0.0388. The zero-order valence-corrected chi connectivity index (χ0v) is 18.3. The lowest BCUT2D eigenvalue weighted by Gasteiger charge is -2.40. The molecule has 1 saturated heterocycles.